The van der Waals surface area contributed by atoms with Crippen LogP contribution in [-0.4, -0.2) is 48.6 Å². The van der Waals surface area contributed by atoms with Crippen LogP contribution in [0.5, 0.6) is 11.5 Å². The summed E-state index contributed by atoms with van der Waals surface area (Å²) in [6.45, 7) is 4.19. The van der Waals surface area contributed by atoms with Crippen molar-refractivity contribution >= 4 is 5.71 Å². The van der Waals surface area contributed by atoms with Gasteiger partial charge in [-0.1, -0.05) is 29.8 Å². The highest BCUT2D eigenvalue weighted by molar-refractivity contribution is 6.02. The van der Waals surface area contributed by atoms with Gasteiger partial charge in [0.25, 0.3) is 0 Å². The Labute approximate surface area is 166 Å². The molecule has 3 heterocycles. The largest absolute Gasteiger partial charge is 0.497 e. The van der Waals surface area contributed by atoms with Crippen LogP contribution >= 0.6 is 0 Å². The summed E-state index contributed by atoms with van der Waals surface area (Å²) in [4.78, 5) is 2.37. The Morgan fingerprint density at radius 2 is 1.96 bits per heavy atom. The maximum atomic E-state index is 6.67. The van der Waals surface area contributed by atoms with Crippen molar-refractivity contribution < 1.29 is 9.47 Å². The van der Waals surface area contributed by atoms with Crippen molar-refractivity contribution in [1.82, 2.24) is 9.91 Å². The average molecular weight is 377 g/mol. The highest BCUT2D eigenvalue weighted by Gasteiger charge is 2.51. The van der Waals surface area contributed by atoms with Crippen molar-refractivity contribution in [3.8, 4) is 11.5 Å². The maximum Gasteiger partial charge on any atom is 0.200 e. The molecule has 0 unspecified atom stereocenters. The molecule has 1 spiro atoms. The highest BCUT2D eigenvalue weighted by atomic mass is 16.5. The molecule has 5 rings (SSSR count). The van der Waals surface area contributed by atoms with E-state index in [2.05, 4.69) is 54.2 Å². The number of benzene rings is 2. The van der Waals surface area contributed by atoms with Crippen molar-refractivity contribution in [3.63, 3.8) is 0 Å². The zero-order chi connectivity index (χ0) is 19.3. The first-order chi connectivity index (χ1) is 13.6. The molecule has 0 bridgehead atoms. The van der Waals surface area contributed by atoms with Crippen molar-refractivity contribution in [3.05, 3.63) is 59.2 Å². The van der Waals surface area contributed by atoms with Gasteiger partial charge in [-0.15, -0.1) is 0 Å². The quantitative estimate of drug-likeness (QED) is 0.794. The van der Waals surface area contributed by atoms with E-state index in [1.165, 1.54) is 11.1 Å². The van der Waals surface area contributed by atoms with Crippen LogP contribution in [0.1, 0.15) is 42.0 Å². The Morgan fingerprint density at radius 1 is 1.14 bits per heavy atom. The van der Waals surface area contributed by atoms with E-state index in [0.29, 0.717) is 0 Å². The van der Waals surface area contributed by atoms with Gasteiger partial charge < -0.3 is 14.4 Å². The van der Waals surface area contributed by atoms with Crippen LogP contribution in [0.15, 0.2) is 47.6 Å². The predicted molar refractivity (Wildman–Crippen MR) is 110 cm³/mol. The lowest BCUT2D eigenvalue weighted by molar-refractivity contribution is -0.147. The second-order valence-electron chi connectivity index (χ2n) is 8.24. The van der Waals surface area contributed by atoms with Gasteiger partial charge in [0, 0.05) is 43.5 Å². The summed E-state index contributed by atoms with van der Waals surface area (Å²) in [7, 11) is 3.89. The lowest BCUT2D eigenvalue weighted by Crippen LogP contribution is -2.58. The number of hydrogen-bond acceptors (Lipinski definition) is 5. The van der Waals surface area contributed by atoms with Crippen molar-refractivity contribution in [1.29, 1.82) is 0 Å². The summed E-state index contributed by atoms with van der Waals surface area (Å²) in [5.74, 6) is 1.89. The number of hydrogen-bond donors (Lipinski definition) is 0. The molecule has 0 N–H and O–H groups in total. The van der Waals surface area contributed by atoms with Gasteiger partial charge in [-0.05, 0) is 32.2 Å². The zero-order valence-electron chi connectivity index (χ0n) is 16.8. The third kappa shape index (κ3) is 2.76. The van der Waals surface area contributed by atoms with Crippen molar-refractivity contribution in [2.45, 2.75) is 38.0 Å². The van der Waals surface area contributed by atoms with Crippen LogP contribution in [0.25, 0.3) is 0 Å². The van der Waals surface area contributed by atoms with Crippen LogP contribution in [0.3, 0.4) is 0 Å². The predicted octanol–water partition coefficient (Wildman–Crippen LogP) is 3.97. The summed E-state index contributed by atoms with van der Waals surface area (Å²) in [5, 5.41) is 7.41. The van der Waals surface area contributed by atoms with E-state index >= 15 is 0 Å². The lowest BCUT2D eigenvalue weighted by Gasteiger charge is -2.50. The molecule has 3 aliphatic rings. The molecule has 1 fully saturated rings. The normalized spacial score (nSPS) is 23.0. The number of ether oxygens (including phenoxy) is 2. The number of piperidine rings is 1. The highest BCUT2D eigenvalue weighted by Crippen LogP contribution is 2.50. The first-order valence-electron chi connectivity index (χ1n) is 10.1. The van der Waals surface area contributed by atoms with Crippen molar-refractivity contribution in [2.24, 2.45) is 5.10 Å². The summed E-state index contributed by atoms with van der Waals surface area (Å²) in [6, 6.07) is 15.0. The van der Waals surface area contributed by atoms with Gasteiger partial charge in [-0.25, -0.2) is 5.01 Å². The number of hydrazone groups is 1. The molecule has 2 aromatic rings. The second kappa shape index (κ2) is 6.52. The van der Waals surface area contributed by atoms with Gasteiger partial charge in [0.05, 0.1) is 18.9 Å². The molecule has 146 valence electrons. The topological polar surface area (TPSA) is 37.3 Å². The van der Waals surface area contributed by atoms with Gasteiger partial charge in [0.1, 0.15) is 11.5 Å². The fourth-order valence-corrected chi connectivity index (χ4v) is 4.68. The summed E-state index contributed by atoms with van der Waals surface area (Å²) >= 11 is 0. The molecule has 28 heavy (non-hydrogen) atoms. The molecule has 0 aliphatic carbocycles. The first-order valence-corrected chi connectivity index (χ1v) is 10.1. The van der Waals surface area contributed by atoms with Crippen molar-refractivity contribution in [2.75, 3.05) is 27.2 Å². The molecule has 0 amide bonds. The van der Waals surface area contributed by atoms with Crippen LogP contribution < -0.4 is 9.47 Å². The number of rotatable bonds is 2. The molecule has 0 radical (unpaired) electrons. The van der Waals surface area contributed by atoms with Crippen LogP contribution in [0.2, 0.25) is 0 Å². The SMILES string of the molecule is COc1cccc(C2=NN3[C@@H](C2)c2cc(C)ccc2OC32CCN(C)CC2)c1. The van der Waals surface area contributed by atoms with Gasteiger partial charge in [0.2, 0.25) is 5.72 Å². The molecule has 0 saturated carbocycles. The number of methoxy groups -OCH3 is 1. The number of aryl methyl sites for hydroxylation is 1. The van der Waals surface area contributed by atoms with E-state index in [1.807, 2.05) is 12.1 Å². The standard InChI is InChI=1S/C23H27N3O2/c1-16-7-8-22-19(13-16)21-15-20(17-5-4-6-18(14-17)27-3)24-26(21)23(28-22)9-11-25(2)12-10-23/h4-8,13-14,21H,9-12,15H2,1-3H3/t21-/m0/s1. The van der Waals surface area contributed by atoms with E-state index in [4.69, 9.17) is 14.6 Å². The maximum absolute atomic E-state index is 6.67. The van der Waals surface area contributed by atoms with Gasteiger partial charge in [0.15, 0.2) is 0 Å². The van der Waals surface area contributed by atoms with E-state index in [1.54, 1.807) is 7.11 Å². The summed E-state index contributed by atoms with van der Waals surface area (Å²) in [6.07, 6.45) is 2.81. The minimum Gasteiger partial charge on any atom is -0.497 e. The molecule has 5 nitrogen and oxygen atoms in total. The average Bonchev–Trinajstić information content (AvgIpc) is 3.18. The van der Waals surface area contributed by atoms with Gasteiger partial charge in [-0.3, -0.25) is 0 Å². The smallest absolute Gasteiger partial charge is 0.200 e. The molecule has 5 heteroatoms. The Kier molecular flexibility index (Phi) is 4.09. The van der Waals surface area contributed by atoms with Crippen LogP contribution in [0.4, 0.5) is 0 Å². The fourth-order valence-electron chi connectivity index (χ4n) is 4.68. The second-order valence-corrected chi connectivity index (χ2v) is 8.24. The molecular formula is C23H27N3O2. The fraction of sp³-hybridized carbons (Fsp3) is 0.435. The first kappa shape index (κ1) is 17.6. The minimum atomic E-state index is -0.347. The zero-order valence-corrected chi connectivity index (χ0v) is 16.8. The third-order valence-corrected chi connectivity index (χ3v) is 6.32. The van der Waals surface area contributed by atoms with E-state index in [0.717, 1.165) is 55.1 Å². The van der Waals surface area contributed by atoms with E-state index in [9.17, 15) is 0 Å². The number of fused-ring (bicyclic) bond motifs is 4. The third-order valence-electron chi connectivity index (χ3n) is 6.32. The molecule has 2 aromatic carbocycles. The Morgan fingerprint density at radius 3 is 2.75 bits per heavy atom. The lowest BCUT2D eigenvalue weighted by atomic mass is 9.90. The molecule has 3 aliphatic heterocycles. The monoisotopic (exact) mass is 377 g/mol. The summed E-state index contributed by atoms with van der Waals surface area (Å²) in [5.41, 5.74) is 4.41. The number of nitrogens with zero attached hydrogens (tertiary/aromatic N) is 3. The van der Waals surface area contributed by atoms with E-state index < -0.39 is 0 Å². The molecule has 1 atom stereocenters. The summed E-state index contributed by atoms with van der Waals surface area (Å²) < 4.78 is 12.1. The Hall–Kier alpha value is -2.53. The molecule has 0 aromatic heterocycles. The minimum absolute atomic E-state index is 0.230. The van der Waals surface area contributed by atoms with Gasteiger partial charge in [-0.2, -0.15) is 5.10 Å². The van der Waals surface area contributed by atoms with Crippen LogP contribution in [-0.2, 0) is 0 Å². The molecule has 1 saturated heterocycles. The van der Waals surface area contributed by atoms with Gasteiger partial charge >= 0.3 is 0 Å². The molecular weight excluding hydrogens is 350 g/mol. The Bertz CT molecular complexity index is 931. The Balaban J connectivity index is 1.58. The van der Waals surface area contributed by atoms with Crippen LogP contribution in [0, 0.1) is 6.92 Å². The van der Waals surface area contributed by atoms with E-state index in [-0.39, 0.29) is 11.8 Å². The number of likely N-dealkylation sites (tertiary alicyclic amines) is 1.